The summed E-state index contributed by atoms with van der Waals surface area (Å²) in [5, 5.41) is 0.944. The van der Waals surface area contributed by atoms with E-state index in [-0.39, 0.29) is 36.7 Å². The standard InChI is InChI=1S/C29H27F2N3O3/c1-19-10-11-25-22(12-19)15-26(32-25)28(36)33-17-23(13-20-6-3-2-4-7-20)34(27(35)18-33)16-21-8-5-9-24(14-21)37-29(30)31/h2-12,14-15,23,29,32H,13,16-18H2,1H3/t23-/m0/s1. The lowest BCUT2D eigenvalue weighted by molar-refractivity contribution is -0.139. The molecule has 1 atom stereocenters. The Kier molecular flexibility index (Phi) is 6.90. The zero-order chi connectivity index (χ0) is 25.9. The molecule has 8 heteroatoms. The first kappa shape index (κ1) is 24.5. The number of rotatable bonds is 7. The molecule has 0 aliphatic carbocycles. The summed E-state index contributed by atoms with van der Waals surface area (Å²) in [6.07, 6.45) is 0.551. The first-order valence-corrected chi connectivity index (χ1v) is 12.1. The van der Waals surface area contributed by atoms with E-state index in [0.29, 0.717) is 24.2 Å². The summed E-state index contributed by atoms with van der Waals surface area (Å²) in [7, 11) is 0. The third-order valence-electron chi connectivity index (χ3n) is 6.60. The van der Waals surface area contributed by atoms with E-state index in [2.05, 4.69) is 9.72 Å². The highest BCUT2D eigenvalue weighted by Gasteiger charge is 2.35. The lowest BCUT2D eigenvalue weighted by Crippen LogP contribution is -2.58. The van der Waals surface area contributed by atoms with Crippen molar-refractivity contribution in [2.45, 2.75) is 32.5 Å². The van der Waals surface area contributed by atoms with E-state index in [1.54, 1.807) is 21.9 Å². The maximum atomic E-state index is 13.4. The Morgan fingerprint density at radius 1 is 1.03 bits per heavy atom. The summed E-state index contributed by atoms with van der Waals surface area (Å²) < 4.78 is 29.9. The SMILES string of the molecule is Cc1ccc2[nH]c(C(=O)N3CC(=O)N(Cc4cccc(OC(F)F)c4)[C@@H](Cc4ccccc4)C3)cc2c1. The van der Waals surface area contributed by atoms with E-state index in [1.165, 1.54) is 12.1 Å². The third-order valence-corrected chi connectivity index (χ3v) is 6.60. The monoisotopic (exact) mass is 503 g/mol. The number of benzene rings is 3. The molecule has 4 aromatic rings. The van der Waals surface area contributed by atoms with Gasteiger partial charge in [0.1, 0.15) is 18.0 Å². The fourth-order valence-corrected chi connectivity index (χ4v) is 4.86. The molecule has 1 fully saturated rings. The lowest BCUT2D eigenvalue weighted by atomic mass is 10.0. The minimum atomic E-state index is -2.93. The fourth-order valence-electron chi connectivity index (χ4n) is 4.86. The van der Waals surface area contributed by atoms with E-state index in [9.17, 15) is 18.4 Å². The number of H-pyrrole nitrogens is 1. The smallest absolute Gasteiger partial charge is 0.387 e. The van der Waals surface area contributed by atoms with Crippen molar-refractivity contribution < 1.29 is 23.1 Å². The van der Waals surface area contributed by atoms with Crippen molar-refractivity contribution in [1.82, 2.24) is 14.8 Å². The highest BCUT2D eigenvalue weighted by atomic mass is 19.3. The van der Waals surface area contributed by atoms with Gasteiger partial charge in [0.05, 0.1) is 6.04 Å². The van der Waals surface area contributed by atoms with Crippen LogP contribution in [-0.4, -0.2) is 52.3 Å². The van der Waals surface area contributed by atoms with Gasteiger partial charge in [-0.25, -0.2) is 0 Å². The number of carbonyl (C=O) groups is 2. The average molecular weight is 504 g/mol. The first-order chi connectivity index (χ1) is 17.9. The Morgan fingerprint density at radius 3 is 2.59 bits per heavy atom. The molecule has 0 bridgehead atoms. The lowest BCUT2D eigenvalue weighted by Gasteiger charge is -2.41. The molecule has 5 rings (SSSR count). The van der Waals surface area contributed by atoms with Crippen LogP contribution in [-0.2, 0) is 17.8 Å². The van der Waals surface area contributed by atoms with E-state index < -0.39 is 6.61 Å². The van der Waals surface area contributed by atoms with Crippen LogP contribution in [0.3, 0.4) is 0 Å². The number of nitrogens with zero attached hydrogens (tertiary/aromatic N) is 2. The summed E-state index contributed by atoms with van der Waals surface area (Å²) in [6.45, 7) is -0.419. The number of nitrogens with one attached hydrogen (secondary N) is 1. The number of halogens is 2. The third kappa shape index (κ3) is 5.63. The molecule has 2 heterocycles. The topological polar surface area (TPSA) is 65.6 Å². The molecular formula is C29H27F2N3O3. The van der Waals surface area contributed by atoms with Gasteiger partial charge in [0.25, 0.3) is 5.91 Å². The second-order valence-electron chi connectivity index (χ2n) is 9.35. The van der Waals surface area contributed by atoms with Crippen molar-refractivity contribution in [1.29, 1.82) is 0 Å². The second kappa shape index (κ2) is 10.4. The van der Waals surface area contributed by atoms with Crippen molar-refractivity contribution in [3.8, 4) is 5.75 Å². The van der Waals surface area contributed by atoms with Crippen LogP contribution < -0.4 is 4.74 Å². The number of hydrogen-bond donors (Lipinski definition) is 1. The molecule has 0 saturated carbocycles. The van der Waals surface area contributed by atoms with Crippen molar-refractivity contribution in [3.05, 3.63) is 101 Å². The van der Waals surface area contributed by atoms with Crippen molar-refractivity contribution in [2.75, 3.05) is 13.1 Å². The summed E-state index contributed by atoms with van der Waals surface area (Å²) >= 11 is 0. The van der Waals surface area contributed by atoms with Gasteiger partial charge in [0, 0.05) is 24.0 Å². The van der Waals surface area contributed by atoms with E-state index in [1.807, 2.05) is 61.5 Å². The number of aromatic amines is 1. The molecule has 3 aromatic carbocycles. The quantitative estimate of drug-likeness (QED) is 0.378. The van der Waals surface area contributed by atoms with Crippen molar-refractivity contribution in [2.24, 2.45) is 0 Å². The van der Waals surface area contributed by atoms with Crippen LogP contribution in [0.4, 0.5) is 8.78 Å². The van der Waals surface area contributed by atoms with Crippen LogP contribution in [0.5, 0.6) is 5.75 Å². The van der Waals surface area contributed by atoms with Crippen LogP contribution in [0.15, 0.2) is 78.9 Å². The van der Waals surface area contributed by atoms with E-state index >= 15 is 0 Å². The Bertz CT molecular complexity index is 1420. The molecule has 2 amide bonds. The predicted molar refractivity (Wildman–Crippen MR) is 136 cm³/mol. The molecule has 1 saturated heterocycles. The van der Waals surface area contributed by atoms with Gasteiger partial charge < -0.3 is 19.5 Å². The van der Waals surface area contributed by atoms with Crippen molar-refractivity contribution >= 4 is 22.7 Å². The van der Waals surface area contributed by atoms with E-state index in [4.69, 9.17) is 0 Å². The number of amides is 2. The van der Waals surface area contributed by atoms with Gasteiger partial charge in [-0.2, -0.15) is 8.78 Å². The zero-order valence-electron chi connectivity index (χ0n) is 20.4. The van der Waals surface area contributed by atoms with Gasteiger partial charge in [-0.05, 0) is 54.8 Å². The molecule has 37 heavy (non-hydrogen) atoms. The minimum Gasteiger partial charge on any atom is -0.435 e. The number of carbonyl (C=O) groups excluding carboxylic acids is 2. The zero-order valence-corrected chi connectivity index (χ0v) is 20.4. The van der Waals surface area contributed by atoms with Gasteiger partial charge in [-0.1, -0.05) is 54.1 Å². The van der Waals surface area contributed by atoms with Gasteiger partial charge in [0.2, 0.25) is 5.91 Å². The van der Waals surface area contributed by atoms with E-state index in [0.717, 1.165) is 22.0 Å². The molecule has 1 aromatic heterocycles. The molecule has 1 N–H and O–H groups in total. The normalized spacial score (nSPS) is 16.0. The maximum absolute atomic E-state index is 13.4. The van der Waals surface area contributed by atoms with Crippen LogP contribution in [0.2, 0.25) is 0 Å². The largest absolute Gasteiger partial charge is 0.435 e. The molecule has 1 aliphatic rings. The number of piperazine rings is 1. The molecule has 6 nitrogen and oxygen atoms in total. The molecule has 0 spiro atoms. The summed E-state index contributed by atoms with van der Waals surface area (Å²) in [6, 6.07) is 23.6. The number of aromatic nitrogens is 1. The van der Waals surface area contributed by atoms with Crippen molar-refractivity contribution in [3.63, 3.8) is 0 Å². The van der Waals surface area contributed by atoms with Crippen LogP contribution in [0.25, 0.3) is 10.9 Å². The van der Waals surface area contributed by atoms with Gasteiger partial charge in [-0.15, -0.1) is 0 Å². The molecule has 1 aliphatic heterocycles. The maximum Gasteiger partial charge on any atom is 0.387 e. The molecular weight excluding hydrogens is 476 g/mol. The first-order valence-electron chi connectivity index (χ1n) is 12.1. The molecule has 0 radical (unpaired) electrons. The molecule has 0 unspecified atom stereocenters. The number of alkyl halides is 2. The fraction of sp³-hybridized carbons (Fsp3) is 0.241. The Balaban J connectivity index is 1.40. The predicted octanol–water partition coefficient (Wildman–Crippen LogP) is 5.17. The Morgan fingerprint density at radius 2 is 1.81 bits per heavy atom. The number of fused-ring (bicyclic) bond motifs is 1. The summed E-state index contributed by atoms with van der Waals surface area (Å²) in [5.74, 6) is -0.387. The molecule has 190 valence electrons. The summed E-state index contributed by atoms with van der Waals surface area (Å²) in [5.41, 5.74) is 4.12. The Labute approximate surface area is 213 Å². The van der Waals surface area contributed by atoms with Gasteiger partial charge in [0.15, 0.2) is 0 Å². The highest BCUT2D eigenvalue weighted by molar-refractivity contribution is 6.00. The van der Waals surface area contributed by atoms with Crippen LogP contribution in [0.1, 0.15) is 27.2 Å². The highest BCUT2D eigenvalue weighted by Crippen LogP contribution is 2.24. The van der Waals surface area contributed by atoms with Gasteiger partial charge in [-0.3, -0.25) is 9.59 Å². The van der Waals surface area contributed by atoms with Crippen LogP contribution in [0, 0.1) is 6.92 Å². The Hall–Kier alpha value is -4.20. The number of ether oxygens (including phenoxy) is 1. The summed E-state index contributed by atoms with van der Waals surface area (Å²) in [4.78, 5) is 33.3. The number of aryl methyl sites for hydroxylation is 1. The minimum absolute atomic E-state index is 0.0439. The average Bonchev–Trinajstić information content (AvgIpc) is 3.29. The number of hydrogen-bond acceptors (Lipinski definition) is 3. The van der Waals surface area contributed by atoms with Gasteiger partial charge >= 0.3 is 6.61 Å². The second-order valence-corrected chi connectivity index (χ2v) is 9.35. The van der Waals surface area contributed by atoms with Crippen LogP contribution >= 0.6 is 0 Å².